The number of nitriles is 2. The number of azo groups is 1. The maximum Gasteiger partial charge on any atom is 0.253 e. The van der Waals surface area contributed by atoms with E-state index in [4.69, 9.17) is 16.3 Å². The summed E-state index contributed by atoms with van der Waals surface area (Å²) >= 11 is 2.12. The largest absolute Gasteiger partial charge is 0.365 e. The Hall–Kier alpha value is -3.47. The standard InChI is InChI=1S/C17H11N7OS2/c1-9-12(14(20)25)16(27-24-9)22-23-17-13(10-5-3-2-4-6-10)21-15(26-17)11(7-18)8-19/h2-6,11H,1H3,(H2,20,25)/b23-22+. The molecular formula is C17H11N7OS2. The average Bonchev–Trinajstić information content (AvgIpc) is 3.25. The highest BCUT2D eigenvalue weighted by atomic mass is 32.1. The normalized spacial score (nSPS) is 10.8. The van der Waals surface area contributed by atoms with Crippen molar-refractivity contribution in [1.82, 2.24) is 9.36 Å². The highest BCUT2D eigenvalue weighted by Gasteiger charge is 2.21. The summed E-state index contributed by atoms with van der Waals surface area (Å²) < 4.78 is 4.08. The molecule has 0 spiro atoms. The molecule has 10 heteroatoms. The summed E-state index contributed by atoms with van der Waals surface area (Å²) in [6.45, 7) is 1.67. The van der Waals surface area contributed by atoms with Crippen LogP contribution in [0.1, 0.15) is 27.0 Å². The molecule has 0 radical (unpaired) electrons. The molecule has 1 aromatic carbocycles. The lowest BCUT2D eigenvalue weighted by Crippen LogP contribution is -2.11. The summed E-state index contributed by atoms with van der Waals surface area (Å²) in [7, 11) is 0. The number of hydrogen-bond acceptors (Lipinski definition) is 9. The summed E-state index contributed by atoms with van der Waals surface area (Å²) in [6.07, 6.45) is 0. The Morgan fingerprint density at radius 2 is 1.85 bits per heavy atom. The maximum absolute atomic E-state index is 11.6. The van der Waals surface area contributed by atoms with Crippen LogP contribution in [0.5, 0.6) is 0 Å². The van der Waals surface area contributed by atoms with Gasteiger partial charge < -0.3 is 5.73 Å². The van der Waals surface area contributed by atoms with Crippen molar-refractivity contribution in [3.8, 4) is 23.4 Å². The Labute approximate surface area is 162 Å². The van der Waals surface area contributed by atoms with Gasteiger partial charge in [0.05, 0.1) is 17.8 Å². The Morgan fingerprint density at radius 1 is 1.19 bits per heavy atom. The number of hydrogen-bond donors (Lipinski definition) is 1. The third kappa shape index (κ3) is 3.72. The van der Waals surface area contributed by atoms with E-state index in [0.29, 0.717) is 26.4 Å². The van der Waals surface area contributed by atoms with Gasteiger partial charge in [-0.2, -0.15) is 14.9 Å². The van der Waals surface area contributed by atoms with Gasteiger partial charge in [-0.1, -0.05) is 41.7 Å². The third-order valence-electron chi connectivity index (χ3n) is 3.50. The van der Waals surface area contributed by atoms with Crippen molar-refractivity contribution >= 4 is 38.8 Å². The molecule has 0 saturated heterocycles. The fourth-order valence-electron chi connectivity index (χ4n) is 2.24. The first-order chi connectivity index (χ1) is 13.0. The van der Waals surface area contributed by atoms with Crippen molar-refractivity contribution in [2.24, 2.45) is 16.0 Å². The molecule has 0 unspecified atom stereocenters. The summed E-state index contributed by atoms with van der Waals surface area (Å²) in [5.41, 5.74) is 7.38. The van der Waals surface area contributed by atoms with E-state index in [1.165, 1.54) is 0 Å². The lowest BCUT2D eigenvalue weighted by atomic mass is 10.1. The average molecular weight is 393 g/mol. The van der Waals surface area contributed by atoms with E-state index >= 15 is 0 Å². The molecule has 2 aromatic heterocycles. The first-order valence-corrected chi connectivity index (χ1v) is 9.17. The molecule has 8 nitrogen and oxygen atoms in total. The smallest absolute Gasteiger partial charge is 0.253 e. The van der Waals surface area contributed by atoms with E-state index in [9.17, 15) is 4.79 Å². The zero-order valence-corrected chi connectivity index (χ0v) is 15.6. The minimum absolute atomic E-state index is 0.224. The number of aromatic nitrogens is 2. The molecule has 1 amide bonds. The second kappa shape index (κ2) is 7.83. The molecule has 0 saturated carbocycles. The van der Waals surface area contributed by atoms with Crippen molar-refractivity contribution < 1.29 is 4.79 Å². The van der Waals surface area contributed by atoms with Crippen molar-refractivity contribution in [3.05, 3.63) is 46.6 Å². The number of carbonyl (C=O) groups excluding carboxylic acids is 1. The first-order valence-electron chi connectivity index (χ1n) is 7.58. The van der Waals surface area contributed by atoms with E-state index in [2.05, 4.69) is 19.6 Å². The van der Waals surface area contributed by atoms with Gasteiger partial charge in [-0.05, 0) is 18.5 Å². The fraction of sp³-hybridized carbons (Fsp3) is 0.118. The van der Waals surface area contributed by atoms with Crippen molar-refractivity contribution in [1.29, 1.82) is 10.5 Å². The van der Waals surface area contributed by atoms with Crippen LogP contribution < -0.4 is 5.73 Å². The zero-order valence-electron chi connectivity index (χ0n) is 13.9. The van der Waals surface area contributed by atoms with Crippen LogP contribution in [0.25, 0.3) is 11.3 Å². The zero-order chi connectivity index (χ0) is 19.4. The number of primary amides is 1. The molecule has 0 aliphatic heterocycles. The molecular weight excluding hydrogens is 382 g/mol. The van der Waals surface area contributed by atoms with Crippen molar-refractivity contribution in [2.75, 3.05) is 0 Å². The SMILES string of the molecule is Cc1nsc(/N=N/c2sc(C(C#N)C#N)nc2-c2ccccc2)c1C(N)=O. The van der Waals surface area contributed by atoms with Crippen LogP contribution >= 0.6 is 22.9 Å². The van der Waals surface area contributed by atoms with Crippen LogP contribution in [-0.2, 0) is 0 Å². The Bertz CT molecular complexity index is 1090. The maximum atomic E-state index is 11.6. The Kier molecular flexibility index (Phi) is 5.31. The number of thiazole rings is 1. The molecule has 132 valence electrons. The summed E-state index contributed by atoms with van der Waals surface area (Å²) in [4.78, 5) is 16.0. The summed E-state index contributed by atoms with van der Waals surface area (Å²) in [5, 5.41) is 27.7. The molecule has 0 aliphatic rings. The molecule has 2 heterocycles. The first kappa shape index (κ1) is 18.3. The lowest BCUT2D eigenvalue weighted by Gasteiger charge is -1.97. The molecule has 3 rings (SSSR count). The van der Waals surface area contributed by atoms with Gasteiger partial charge in [0.25, 0.3) is 5.91 Å². The minimum Gasteiger partial charge on any atom is -0.365 e. The molecule has 0 atom stereocenters. The number of amides is 1. The predicted octanol–water partition coefficient (Wildman–Crippen LogP) is 4.22. The highest BCUT2D eigenvalue weighted by molar-refractivity contribution is 7.16. The number of benzene rings is 1. The lowest BCUT2D eigenvalue weighted by molar-refractivity contribution is 0.100. The van der Waals surface area contributed by atoms with Crippen LogP contribution in [0.15, 0.2) is 40.6 Å². The summed E-state index contributed by atoms with van der Waals surface area (Å²) in [5.74, 6) is -1.62. The number of carbonyl (C=O) groups is 1. The van der Waals surface area contributed by atoms with Gasteiger partial charge in [0.2, 0.25) is 0 Å². The Balaban J connectivity index is 2.08. The van der Waals surface area contributed by atoms with Gasteiger partial charge in [0, 0.05) is 5.56 Å². The highest BCUT2D eigenvalue weighted by Crippen LogP contribution is 2.39. The van der Waals surface area contributed by atoms with E-state index < -0.39 is 11.8 Å². The molecule has 0 bridgehead atoms. The van der Waals surface area contributed by atoms with E-state index in [0.717, 1.165) is 28.4 Å². The van der Waals surface area contributed by atoms with Gasteiger partial charge in [-0.25, -0.2) is 4.98 Å². The molecule has 3 aromatic rings. The van der Waals surface area contributed by atoms with Crippen LogP contribution in [-0.4, -0.2) is 15.3 Å². The summed E-state index contributed by atoms with van der Waals surface area (Å²) in [6, 6.07) is 13.1. The van der Waals surface area contributed by atoms with E-state index in [1.54, 1.807) is 6.92 Å². The number of nitrogens with zero attached hydrogens (tertiary/aromatic N) is 6. The number of nitrogens with two attached hydrogens (primary N) is 1. The van der Waals surface area contributed by atoms with Crippen molar-refractivity contribution in [3.63, 3.8) is 0 Å². The van der Waals surface area contributed by atoms with Crippen LogP contribution in [0.3, 0.4) is 0 Å². The second-order valence-corrected chi connectivity index (χ2v) is 7.04. The number of rotatable bonds is 5. The minimum atomic E-state index is -0.992. The van der Waals surface area contributed by atoms with Crippen LogP contribution in [0.4, 0.5) is 10.0 Å². The fourth-order valence-corrected chi connectivity index (χ4v) is 3.88. The van der Waals surface area contributed by atoms with Crippen molar-refractivity contribution in [2.45, 2.75) is 12.8 Å². The second-order valence-electron chi connectivity index (χ2n) is 5.28. The van der Waals surface area contributed by atoms with Gasteiger partial charge in [0.15, 0.2) is 15.9 Å². The molecule has 2 N–H and O–H groups in total. The van der Waals surface area contributed by atoms with Gasteiger partial charge >= 0.3 is 0 Å². The monoisotopic (exact) mass is 393 g/mol. The van der Waals surface area contributed by atoms with Crippen LogP contribution in [0, 0.1) is 29.6 Å². The van der Waals surface area contributed by atoms with E-state index in [1.807, 2.05) is 42.5 Å². The molecule has 0 fully saturated rings. The third-order valence-corrected chi connectivity index (χ3v) is 5.33. The van der Waals surface area contributed by atoms with Gasteiger partial charge in [-0.15, -0.1) is 10.2 Å². The van der Waals surface area contributed by atoms with E-state index in [-0.39, 0.29) is 5.56 Å². The predicted molar refractivity (Wildman–Crippen MR) is 101 cm³/mol. The van der Waals surface area contributed by atoms with Crippen LogP contribution in [0.2, 0.25) is 0 Å². The molecule has 0 aliphatic carbocycles. The van der Waals surface area contributed by atoms with Gasteiger partial charge in [-0.3, -0.25) is 4.79 Å². The van der Waals surface area contributed by atoms with Gasteiger partial charge in [0.1, 0.15) is 16.3 Å². The quantitative estimate of drug-likeness (QED) is 0.646. The number of aryl methyl sites for hydroxylation is 1. The topological polar surface area (TPSA) is 141 Å². The molecule has 27 heavy (non-hydrogen) atoms. The Morgan fingerprint density at radius 3 is 2.48 bits per heavy atom.